The summed E-state index contributed by atoms with van der Waals surface area (Å²) in [5.74, 6) is -0.948. The van der Waals surface area contributed by atoms with Crippen molar-refractivity contribution < 1.29 is 14.6 Å². The molecule has 1 aliphatic carbocycles. The molecule has 1 N–H and O–H groups in total. The molecule has 182 valence electrons. The first-order valence-electron chi connectivity index (χ1n) is 11.8. The van der Waals surface area contributed by atoms with Gasteiger partial charge in [-0.25, -0.2) is 0 Å². The predicted octanol–water partition coefficient (Wildman–Crippen LogP) is 4.44. The number of hydrogen-bond donors (Lipinski definition) is 1. The van der Waals surface area contributed by atoms with Gasteiger partial charge in [0.15, 0.2) is 11.4 Å². The molecule has 36 heavy (non-hydrogen) atoms. The van der Waals surface area contributed by atoms with Gasteiger partial charge >= 0.3 is 0 Å². The number of carbonyl (C=O) groups is 1. The van der Waals surface area contributed by atoms with Crippen LogP contribution in [0.4, 0.5) is 0 Å². The Bertz CT molecular complexity index is 1480. The molecule has 0 saturated heterocycles. The van der Waals surface area contributed by atoms with Gasteiger partial charge in [0.2, 0.25) is 5.43 Å². The van der Waals surface area contributed by atoms with Crippen LogP contribution in [0.1, 0.15) is 34.6 Å². The third-order valence-electron chi connectivity index (χ3n) is 7.11. The van der Waals surface area contributed by atoms with Crippen molar-refractivity contribution in [2.75, 3.05) is 25.3 Å². The fraction of sp³-hybridized carbons (Fsp3) is 0.214. The molecule has 3 heterocycles. The molecule has 0 spiro atoms. The highest BCUT2D eigenvalue weighted by Gasteiger charge is 2.43. The van der Waals surface area contributed by atoms with E-state index in [-0.39, 0.29) is 11.7 Å². The van der Waals surface area contributed by atoms with E-state index >= 15 is 0 Å². The van der Waals surface area contributed by atoms with Gasteiger partial charge in [-0.3, -0.25) is 19.3 Å². The Morgan fingerprint density at radius 1 is 0.944 bits per heavy atom. The number of methoxy groups -OCH3 is 1. The maximum atomic E-state index is 13.6. The van der Waals surface area contributed by atoms with Crippen molar-refractivity contribution in [3.63, 3.8) is 0 Å². The minimum atomic E-state index is -0.584. The van der Waals surface area contributed by atoms with Crippen LogP contribution >= 0.6 is 11.3 Å². The maximum Gasteiger partial charge on any atom is 0.278 e. The molecule has 0 saturated carbocycles. The Labute approximate surface area is 212 Å². The van der Waals surface area contributed by atoms with E-state index in [2.05, 4.69) is 40.7 Å². The van der Waals surface area contributed by atoms with Gasteiger partial charge in [0.25, 0.3) is 5.91 Å². The van der Waals surface area contributed by atoms with E-state index in [1.54, 1.807) is 34.2 Å². The summed E-state index contributed by atoms with van der Waals surface area (Å²) in [5.41, 5.74) is 4.97. The highest BCUT2D eigenvalue weighted by atomic mass is 32.1. The molecular weight excluding hydrogens is 474 g/mol. The number of aromatic nitrogens is 1. The van der Waals surface area contributed by atoms with Crippen molar-refractivity contribution in [1.29, 1.82) is 0 Å². The zero-order valence-corrected chi connectivity index (χ0v) is 20.7. The summed E-state index contributed by atoms with van der Waals surface area (Å²) in [5, 5.41) is 15.0. The number of hydrogen-bond acceptors (Lipinski definition) is 6. The molecule has 7 nitrogen and oxygen atoms in total. The summed E-state index contributed by atoms with van der Waals surface area (Å²) in [7, 11) is 1.59. The summed E-state index contributed by atoms with van der Waals surface area (Å²) in [4.78, 5) is 28.8. The second kappa shape index (κ2) is 8.65. The van der Waals surface area contributed by atoms with Gasteiger partial charge in [0.05, 0.1) is 12.6 Å². The van der Waals surface area contributed by atoms with E-state index in [9.17, 15) is 14.7 Å². The Kier molecular flexibility index (Phi) is 5.43. The Morgan fingerprint density at radius 3 is 2.39 bits per heavy atom. The molecule has 1 amide bonds. The highest BCUT2D eigenvalue weighted by Crippen LogP contribution is 2.49. The monoisotopic (exact) mass is 499 g/mol. The lowest BCUT2D eigenvalue weighted by Crippen LogP contribution is -2.61. The molecule has 2 aliphatic rings. The fourth-order valence-electron chi connectivity index (χ4n) is 5.46. The minimum absolute atomic E-state index is 0.0364. The lowest BCUT2D eigenvalue weighted by molar-refractivity contribution is 0.0494. The average molecular weight is 500 g/mol. The van der Waals surface area contributed by atoms with E-state index in [0.717, 1.165) is 22.3 Å². The third-order valence-corrected chi connectivity index (χ3v) is 8.06. The Balaban J connectivity index is 1.66. The number of fused-ring (bicyclic) bond motifs is 6. The van der Waals surface area contributed by atoms with Crippen LogP contribution in [-0.4, -0.2) is 47.0 Å². The SMILES string of the molecule is COCCN1C(=O)c2c(O)c(=O)ccn2N([C@@H]2c3ccccc3-c3ccsc3-c3ccccc32)[C@H]1C. The number of rotatable bonds is 4. The van der Waals surface area contributed by atoms with Gasteiger partial charge < -0.3 is 14.7 Å². The number of pyridine rings is 1. The fourth-order valence-corrected chi connectivity index (χ4v) is 6.42. The molecule has 0 radical (unpaired) electrons. The standard InChI is InChI=1S/C28H25N3O4S/c1-17-29(14-15-35-2)28(34)25-26(33)23(32)11-13-30(25)31(17)24-19-8-4-3-7-18(19)22-12-16-36-27(22)21-10-6-5-9-20(21)24/h3-13,16-17,24,33H,14-15H2,1-2H3/t17-,24+/m0/s1. The van der Waals surface area contributed by atoms with E-state index in [1.165, 1.54) is 16.5 Å². The van der Waals surface area contributed by atoms with Crippen molar-refractivity contribution in [2.24, 2.45) is 0 Å². The minimum Gasteiger partial charge on any atom is -0.502 e. The topological polar surface area (TPSA) is 75.0 Å². The molecule has 0 bridgehead atoms. The average Bonchev–Trinajstić information content (AvgIpc) is 3.34. The molecule has 2 atom stereocenters. The van der Waals surface area contributed by atoms with Gasteiger partial charge in [0, 0.05) is 36.4 Å². The van der Waals surface area contributed by atoms with E-state index in [0.29, 0.717) is 13.2 Å². The van der Waals surface area contributed by atoms with E-state index < -0.39 is 23.3 Å². The first-order chi connectivity index (χ1) is 17.5. The molecule has 4 aromatic rings. The number of benzene rings is 2. The first kappa shape index (κ1) is 22.6. The van der Waals surface area contributed by atoms with Gasteiger partial charge in [0.1, 0.15) is 6.17 Å². The second-order valence-corrected chi connectivity index (χ2v) is 9.88. The molecule has 1 aliphatic heterocycles. The van der Waals surface area contributed by atoms with E-state index in [4.69, 9.17) is 4.74 Å². The van der Waals surface area contributed by atoms with Gasteiger partial charge in [-0.15, -0.1) is 11.3 Å². The summed E-state index contributed by atoms with van der Waals surface area (Å²) in [6.07, 6.45) is 1.19. The number of nitrogens with zero attached hydrogens (tertiary/aromatic N) is 3. The first-order valence-corrected chi connectivity index (χ1v) is 12.7. The number of aromatic hydroxyl groups is 1. The number of amides is 1. The van der Waals surface area contributed by atoms with Crippen LogP contribution in [0.3, 0.4) is 0 Å². The van der Waals surface area contributed by atoms with Crippen molar-refractivity contribution in [3.8, 4) is 27.3 Å². The van der Waals surface area contributed by atoms with Crippen LogP contribution in [0.15, 0.2) is 77.0 Å². The maximum absolute atomic E-state index is 13.6. The van der Waals surface area contributed by atoms with Crippen LogP contribution < -0.4 is 10.4 Å². The smallest absolute Gasteiger partial charge is 0.278 e. The highest BCUT2D eigenvalue weighted by molar-refractivity contribution is 7.14. The van der Waals surface area contributed by atoms with Crippen LogP contribution in [0, 0.1) is 0 Å². The predicted molar refractivity (Wildman–Crippen MR) is 140 cm³/mol. The van der Waals surface area contributed by atoms with Gasteiger partial charge in [-0.2, -0.15) is 0 Å². The lowest BCUT2D eigenvalue weighted by Gasteiger charge is -2.49. The van der Waals surface area contributed by atoms with E-state index in [1.807, 2.05) is 31.2 Å². The van der Waals surface area contributed by atoms with Gasteiger partial charge in [-0.1, -0.05) is 48.5 Å². The van der Waals surface area contributed by atoms with Crippen molar-refractivity contribution in [1.82, 2.24) is 9.58 Å². The summed E-state index contributed by atoms with van der Waals surface area (Å²) >= 11 is 1.71. The molecular formula is C28H25N3O4S. The number of ether oxygens (including phenoxy) is 1. The molecule has 8 heteroatoms. The van der Waals surface area contributed by atoms with Crippen LogP contribution in [0.2, 0.25) is 0 Å². The van der Waals surface area contributed by atoms with Crippen molar-refractivity contribution in [2.45, 2.75) is 19.1 Å². The van der Waals surface area contributed by atoms with Crippen molar-refractivity contribution >= 4 is 17.2 Å². The molecule has 2 aromatic carbocycles. The zero-order valence-electron chi connectivity index (χ0n) is 19.9. The Morgan fingerprint density at radius 2 is 1.64 bits per heavy atom. The normalized spacial score (nSPS) is 18.2. The quantitative estimate of drug-likeness (QED) is 0.449. The third kappa shape index (κ3) is 3.22. The van der Waals surface area contributed by atoms with Crippen LogP contribution in [0.25, 0.3) is 21.6 Å². The largest absolute Gasteiger partial charge is 0.502 e. The molecule has 0 unspecified atom stereocenters. The molecule has 2 aromatic heterocycles. The zero-order chi connectivity index (χ0) is 25.0. The Hall–Kier alpha value is -3.88. The number of thiophene rings is 1. The van der Waals surface area contributed by atoms with Crippen LogP contribution in [-0.2, 0) is 4.74 Å². The molecule has 6 rings (SSSR count). The molecule has 0 fully saturated rings. The lowest BCUT2D eigenvalue weighted by atomic mass is 9.92. The summed E-state index contributed by atoms with van der Waals surface area (Å²) < 4.78 is 6.94. The summed E-state index contributed by atoms with van der Waals surface area (Å²) in [6, 6.07) is 19.8. The summed E-state index contributed by atoms with van der Waals surface area (Å²) in [6.45, 7) is 2.62. The second-order valence-electron chi connectivity index (χ2n) is 8.97. The van der Waals surface area contributed by atoms with Gasteiger partial charge in [-0.05, 0) is 40.6 Å². The number of carbonyl (C=O) groups excluding carboxylic acids is 1. The van der Waals surface area contributed by atoms with Crippen molar-refractivity contribution in [3.05, 3.63) is 99.3 Å². The van der Waals surface area contributed by atoms with Crippen LogP contribution in [0.5, 0.6) is 5.75 Å².